The first-order chi connectivity index (χ1) is 8.27. The van der Waals surface area contributed by atoms with E-state index in [1.54, 1.807) is 14.2 Å². The summed E-state index contributed by atoms with van der Waals surface area (Å²) < 4.78 is 5.18. The fourth-order valence-corrected chi connectivity index (χ4v) is 2.30. The largest absolute Gasteiger partial charge is 0.380 e. The topological polar surface area (TPSA) is 41.6 Å². The number of nitrogens with one attached hydrogen (secondary N) is 1. The van der Waals surface area contributed by atoms with Gasteiger partial charge < -0.3 is 15.0 Å². The summed E-state index contributed by atoms with van der Waals surface area (Å²) in [6.07, 6.45) is 0.921. The molecule has 92 valence electrons. The molecule has 0 aliphatic carbocycles. The van der Waals surface area contributed by atoms with Crippen LogP contribution in [0, 0.1) is 0 Å². The maximum Gasteiger partial charge on any atom is 0.240 e. The number of likely N-dealkylation sites (N-methyl/N-ethyl adjacent to an activating group) is 1. The van der Waals surface area contributed by atoms with E-state index in [0.717, 1.165) is 18.7 Å². The minimum Gasteiger partial charge on any atom is -0.380 e. The number of methoxy groups -OCH3 is 1. The lowest BCUT2D eigenvalue weighted by atomic mass is 10.1. The van der Waals surface area contributed by atoms with Crippen molar-refractivity contribution in [2.75, 3.05) is 32.1 Å². The minimum atomic E-state index is 0.126. The van der Waals surface area contributed by atoms with E-state index in [4.69, 9.17) is 4.74 Å². The lowest BCUT2D eigenvalue weighted by Crippen LogP contribution is -2.35. The molecule has 1 heterocycles. The van der Waals surface area contributed by atoms with E-state index in [0.29, 0.717) is 13.2 Å². The van der Waals surface area contributed by atoms with E-state index < -0.39 is 0 Å². The summed E-state index contributed by atoms with van der Waals surface area (Å²) in [5.74, 6) is 0.126. The van der Waals surface area contributed by atoms with Crippen LogP contribution in [0.15, 0.2) is 18.2 Å². The Hall–Kier alpha value is -1.39. The molecule has 0 fully saturated rings. The third kappa shape index (κ3) is 2.33. The fraction of sp³-hybridized carbons (Fsp3) is 0.462. The first-order valence-corrected chi connectivity index (χ1v) is 5.82. The van der Waals surface area contributed by atoms with Crippen molar-refractivity contribution >= 4 is 11.6 Å². The summed E-state index contributed by atoms with van der Waals surface area (Å²) in [6.45, 7) is 1.77. The molecule has 0 atom stereocenters. The quantitative estimate of drug-likeness (QED) is 0.843. The molecule has 0 radical (unpaired) electrons. The van der Waals surface area contributed by atoms with Crippen molar-refractivity contribution in [1.29, 1.82) is 0 Å². The van der Waals surface area contributed by atoms with E-state index in [-0.39, 0.29) is 5.91 Å². The van der Waals surface area contributed by atoms with Crippen LogP contribution in [-0.4, -0.2) is 33.2 Å². The molecule has 1 N–H and O–H groups in total. The standard InChI is InChI=1S/C13H18N2O2/c1-14-8-13(16)15-7-6-11-10(9-17-2)4-3-5-12(11)15/h3-5,14H,6-9H2,1-2H3. The molecular weight excluding hydrogens is 216 g/mol. The van der Waals surface area contributed by atoms with Crippen LogP contribution in [0.1, 0.15) is 11.1 Å². The van der Waals surface area contributed by atoms with E-state index in [2.05, 4.69) is 11.4 Å². The van der Waals surface area contributed by atoms with Crippen LogP contribution >= 0.6 is 0 Å². The van der Waals surface area contributed by atoms with Gasteiger partial charge in [-0.15, -0.1) is 0 Å². The van der Waals surface area contributed by atoms with Gasteiger partial charge in [-0.1, -0.05) is 12.1 Å². The number of amides is 1. The Kier molecular flexibility index (Phi) is 3.76. The van der Waals surface area contributed by atoms with Gasteiger partial charge in [-0.2, -0.15) is 0 Å². The Bertz CT molecular complexity index is 418. The average molecular weight is 234 g/mol. The van der Waals surface area contributed by atoms with E-state index >= 15 is 0 Å². The van der Waals surface area contributed by atoms with Crippen LogP contribution in [0.2, 0.25) is 0 Å². The molecule has 4 heteroatoms. The predicted octanol–water partition coefficient (Wildman–Crippen LogP) is 0.941. The molecule has 0 spiro atoms. The van der Waals surface area contributed by atoms with Crippen molar-refractivity contribution < 1.29 is 9.53 Å². The number of hydrogen-bond acceptors (Lipinski definition) is 3. The number of rotatable bonds is 4. The summed E-state index contributed by atoms with van der Waals surface area (Å²) in [6, 6.07) is 6.06. The van der Waals surface area contributed by atoms with Gasteiger partial charge in [0.1, 0.15) is 0 Å². The van der Waals surface area contributed by atoms with Crippen LogP contribution in [0.3, 0.4) is 0 Å². The Morgan fingerprint density at radius 3 is 3.06 bits per heavy atom. The minimum absolute atomic E-state index is 0.126. The molecule has 1 aromatic rings. The zero-order chi connectivity index (χ0) is 12.3. The highest BCUT2D eigenvalue weighted by atomic mass is 16.5. The maximum absolute atomic E-state index is 11.9. The first-order valence-electron chi connectivity index (χ1n) is 5.82. The smallest absolute Gasteiger partial charge is 0.240 e. The van der Waals surface area contributed by atoms with Gasteiger partial charge in [0.15, 0.2) is 0 Å². The number of ether oxygens (including phenoxy) is 1. The molecular formula is C13H18N2O2. The van der Waals surface area contributed by atoms with Crippen LogP contribution < -0.4 is 10.2 Å². The second-order valence-electron chi connectivity index (χ2n) is 4.17. The van der Waals surface area contributed by atoms with Gasteiger partial charge in [-0.05, 0) is 30.7 Å². The zero-order valence-electron chi connectivity index (χ0n) is 10.3. The third-order valence-corrected chi connectivity index (χ3v) is 3.05. The molecule has 0 unspecified atom stereocenters. The van der Waals surface area contributed by atoms with Crippen molar-refractivity contribution in [1.82, 2.24) is 5.32 Å². The predicted molar refractivity (Wildman–Crippen MR) is 67.1 cm³/mol. The van der Waals surface area contributed by atoms with Crippen molar-refractivity contribution in [3.05, 3.63) is 29.3 Å². The highest BCUT2D eigenvalue weighted by Gasteiger charge is 2.25. The molecule has 1 aromatic carbocycles. The van der Waals surface area contributed by atoms with Gasteiger partial charge in [0.05, 0.1) is 13.2 Å². The summed E-state index contributed by atoms with van der Waals surface area (Å²) >= 11 is 0. The first kappa shape index (κ1) is 12.1. The number of hydrogen-bond donors (Lipinski definition) is 1. The van der Waals surface area contributed by atoms with Gasteiger partial charge in [0.25, 0.3) is 0 Å². The fourth-order valence-electron chi connectivity index (χ4n) is 2.30. The number of fused-ring (bicyclic) bond motifs is 1. The average Bonchev–Trinajstić information content (AvgIpc) is 2.74. The molecule has 17 heavy (non-hydrogen) atoms. The molecule has 0 bridgehead atoms. The monoisotopic (exact) mass is 234 g/mol. The summed E-state index contributed by atoms with van der Waals surface area (Å²) in [7, 11) is 3.48. The summed E-state index contributed by atoms with van der Waals surface area (Å²) in [5, 5.41) is 2.90. The van der Waals surface area contributed by atoms with E-state index in [1.807, 2.05) is 17.0 Å². The number of carbonyl (C=O) groups is 1. The third-order valence-electron chi connectivity index (χ3n) is 3.05. The molecule has 0 aromatic heterocycles. The van der Waals surface area contributed by atoms with Crippen molar-refractivity contribution in [3.63, 3.8) is 0 Å². The summed E-state index contributed by atoms with van der Waals surface area (Å²) in [5.41, 5.74) is 3.48. The van der Waals surface area contributed by atoms with Gasteiger partial charge in [-0.3, -0.25) is 4.79 Å². The van der Waals surface area contributed by atoms with Gasteiger partial charge >= 0.3 is 0 Å². The zero-order valence-corrected chi connectivity index (χ0v) is 10.3. The SMILES string of the molecule is CNCC(=O)N1CCc2c(COC)cccc21. The second-order valence-corrected chi connectivity index (χ2v) is 4.17. The van der Waals surface area contributed by atoms with Gasteiger partial charge in [0, 0.05) is 19.3 Å². The van der Waals surface area contributed by atoms with Crippen molar-refractivity contribution in [2.24, 2.45) is 0 Å². The Labute approximate surface area is 102 Å². The second kappa shape index (κ2) is 5.29. The molecule has 1 aliphatic heterocycles. The Balaban J connectivity index is 2.26. The highest BCUT2D eigenvalue weighted by molar-refractivity contribution is 5.97. The van der Waals surface area contributed by atoms with Crippen LogP contribution in [0.5, 0.6) is 0 Å². The number of benzene rings is 1. The molecule has 0 saturated carbocycles. The number of carbonyl (C=O) groups excluding carboxylic acids is 1. The molecule has 0 saturated heterocycles. The van der Waals surface area contributed by atoms with Crippen LogP contribution in [-0.2, 0) is 22.6 Å². The molecule has 1 aliphatic rings. The Morgan fingerprint density at radius 1 is 1.53 bits per heavy atom. The molecule has 1 amide bonds. The number of anilines is 1. The van der Waals surface area contributed by atoms with Gasteiger partial charge in [-0.25, -0.2) is 0 Å². The van der Waals surface area contributed by atoms with Crippen LogP contribution in [0.4, 0.5) is 5.69 Å². The van der Waals surface area contributed by atoms with Crippen molar-refractivity contribution in [3.8, 4) is 0 Å². The van der Waals surface area contributed by atoms with Crippen molar-refractivity contribution in [2.45, 2.75) is 13.0 Å². The molecule has 2 rings (SSSR count). The normalized spacial score (nSPS) is 13.9. The van der Waals surface area contributed by atoms with E-state index in [1.165, 1.54) is 11.1 Å². The summed E-state index contributed by atoms with van der Waals surface area (Å²) in [4.78, 5) is 13.8. The van der Waals surface area contributed by atoms with E-state index in [9.17, 15) is 4.79 Å². The van der Waals surface area contributed by atoms with Crippen LogP contribution in [0.25, 0.3) is 0 Å². The Morgan fingerprint density at radius 2 is 2.35 bits per heavy atom. The van der Waals surface area contributed by atoms with Gasteiger partial charge in [0.2, 0.25) is 5.91 Å². The maximum atomic E-state index is 11.9. The molecule has 4 nitrogen and oxygen atoms in total. The number of nitrogens with zero attached hydrogens (tertiary/aromatic N) is 1. The highest BCUT2D eigenvalue weighted by Crippen LogP contribution is 2.30. The lowest BCUT2D eigenvalue weighted by Gasteiger charge is -2.17. The lowest BCUT2D eigenvalue weighted by molar-refractivity contribution is -0.117.